The van der Waals surface area contributed by atoms with E-state index in [-0.39, 0.29) is 11.9 Å². The molecule has 0 aromatic carbocycles. The molecule has 1 amide bonds. The molecular formula is C13H20N2O4. The van der Waals surface area contributed by atoms with Gasteiger partial charge < -0.3 is 18.8 Å². The van der Waals surface area contributed by atoms with Crippen molar-refractivity contribution in [2.75, 3.05) is 33.5 Å². The van der Waals surface area contributed by atoms with Crippen molar-refractivity contribution in [2.45, 2.75) is 25.8 Å². The first kappa shape index (κ1) is 14.0. The minimum atomic E-state index is -0.0741. The average Bonchev–Trinajstić information content (AvgIpc) is 2.93. The van der Waals surface area contributed by atoms with Gasteiger partial charge in [0.2, 0.25) is 0 Å². The van der Waals surface area contributed by atoms with Crippen LogP contribution in [-0.4, -0.2) is 55.3 Å². The Kier molecular flexibility index (Phi) is 4.93. The fourth-order valence-corrected chi connectivity index (χ4v) is 2.25. The van der Waals surface area contributed by atoms with E-state index in [1.165, 1.54) is 6.39 Å². The van der Waals surface area contributed by atoms with Crippen molar-refractivity contribution < 1.29 is 18.7 Å². The lowest BCUT2D eigenvalue weighted by atomic mass is 10.1. The number of aryl methyl sites for hydroxylation is 1. The molecule has 0 N–H and O–H groups in total. The summed E-state index contributed by atoms with van der Waals surface area (Å²) in [6, 6.07) is 0.0441. The number of rotatable bonds is 5. The molecule has 2 heterocycles. The maximum Gasteiger partial charge on any atom is 0.276 e. The summed E-state index contributed by atoms with van der Waals surface area (Å²) in [7, 11) is 1.66. The lowest BCUT2D eigenvalue weighted by molar-refractivity contribution is -0.0107. The molecule has 6 nitrogen and oxygen atoms in total. The molecule has 6 heteroatoms. The summed E-state index contributed by atoms with van der Waals surface area (Å²) in [6.45, 7) is 4.25. The highest BCUT2D eigenvalue weighted by molar-refractivity contribution is 5.93. The van der Waals surface area contributed by atoms with Crippen molar-refractivity contribution >= 4 is 5.91 Å². The van der Waals surface area contributed by atoms with Gasteiger partial charge in [-0.2, -0.15) is 0 Å². The Morgan fingerprint density at radius 3 is 3.21 bits per heavy atom. The molecule has 1 aliphatic rings. The molecule has 1 aromatic heterocycles. The molecular weight excluding hydrogens is 248 g/mol. The fourth-order valence-electron chi connectivity index (χ4n) is 2.25. The topological polar surface area (TPSA) is 64.8 Å². The van der Waals surface area contributed by atoms with Gasteiger partial charge in [0, 0.05) is 26.7 Å². The summed E-state index contributed by atoms with van der Waals surface area (Å²) in [5.74, 6) is 0.567. The number of methoxy groups -OCH3 is 1. The van der Waals surface area contributed by atoms with E-state index in [9.17, 15) is 4.79 Å². The normalized spacial score (nSPS) is 19.7. The van der Waals surface area contributed by atoms with Crippen LogP contribution in [0.15, 0.2) is 10.8 Å². The molecule has 19 heavy (non-hydrogen) atoms. The van der Waals surface area contributed by atoms with Crippen LogP contribution in [0.2, 0.25) is 0 Å². The molecule has 1 aliphatic heterocycles. The molecule has 0 spiro atoms. The van der Waals surface area contributed by atoms with Gasteiger partial charge >= 0.3 is 0 Å². The monoisotopic (exact) mass is 268 g/mol. The van der Waals surface area contributed by atoms with Gasteiger partial charge in [0.05, 0.1) is 19.3 Å². The maximum absolute atomic E-state index is 12.5. The van der Waals surface area contributed by atoms with Crippen molar-refractivity contribution in [1.29, 1.82) is 0 Å². The molecule has 1 atom stereocenters. The van der Waals surface area contributed by atoms with Gasteiger partial charge in [0.1, 0.15) is 5.76 Å². The average molecular weight is 268 g/mol. The van der Waals surface area contributed by atoms with Gasteiger partial charge in [-0.05, 0) is 6.42 Å². The highest BCUT2D eigenvalue weighted by atomic mass is 16.5. The van der Waals surface area contributed by atoms with Crippen molar-refractivity contribution in [3.8, 4) is 0 Å². The van der Waals surface area contributed by atoms with Crippen LogP contribution in [0.25, 0.3) is 0 Å². The number of oxazole rings is 1. The summed E-state index contributed by atoms with van der Waals surface area (Å²) >= 11 is 0. The van der Waals surface area contributed by atoms with Crippen LogP contribution in [-0.2, 0) is 15.9 Å². The van der Waals surface area contributed by atoms with Crippen LogP contribution in [0.3, 0.4) is 0 Å². The van der Waals surface area contributed by atoms with Gasteiger partial charge in [-0.25, -0.2) is 4.98 Å². The van der Waals surface area contributed by atoms with Crippen LogP contribution in [0.1, 0.15) is 29.6 Å². The molecule has 1 saturated heterocycles. The van der Waals surface area contributed by atoms with Crippen molar-refractivity contribution in [3.05, 3.63) is 17.8 Å². The second kappa shape index (κ2) is 6.68. The molecule has 106 valence electrons. The first-order chi connectivity index (χ1) is 9.27. The number of ether oxygens (including phenoxy) is 2. The van der Waals surface area contributed by atoms with Gasteiger partial charge in [-0.1, -0.05) is 6.92 Å². The standard InChI is InChI=1S/C13H20N2O4/c1-3-11-12(14-9-19-11)13(16)15-5-7-18-8-10(15)4-6-17-2/h9-10H,3-8H2,1-2H3. The third kappa shape index (κ3) is 3.13. The number of hydrogen-bond donors (Lipinski definition) is 0. The first-order valence-corrected chi connectivity index (χ1v) is 6.58. The Hall–Kier alpha value is -1.40. The van der Waals surface area contributed by atoms with E-state index in [1.54, 1.807) is 7.11 Å². The van der Waals surface area contributed by atoms with E-state index in [2.05, 4.69) is 4.98 Å². The van der Waals surface area contributed by atoms with Gasteiger partial charge in [0.25, 0.3) is 5.91 Å². The quantitative estimate of drug-likeness (QED) is 0.800. The Labute approximate surface area is 112 Å². The van der Waals surface area contributed by atoms with Crippen LogP contribution in [0.4, 0.5) is 0 Å². The van der Waals surface area contributed by atoms with E-state index >= 15 is 0 Å². The molecule has 2 rings (SSSR count). The van der Waals surface area contributed by atoms with Crippen molar-refractivity contribution in [2.24, 2.45) is 0 Å². The largest absolute Gasteiger partial charge is 0.448 e. The van der Waals surface area contributed by atoms with Crippen molar-refractivity contribution in [1.82, 2.24) is 9.88 Å². The van der Waals surface area contributed by atoms with E-state index in [0.717, 1.165) is 6.42 Å². The maximum atomic E-state index is 12.5. The van der Waals surface area contributed by atoms with Crippen LogP contribution < -0.4 is 0 Å². The molecule has 0 bridgehead atoms. The zero-order chi connectivity index (χ0) is 13.7. The minimum Gasteiger partial charge on any atom is -0.448 e. The fraction of sp³-hybridized carbons (Fsp3) is 0.692. The van der Waals surface area contributed by atoms with Crippen LogP contribution in [0, 0.1) is 0 Å². The lowest BCUT2D eigenvalue weighted by Gasteiger charge is -2.35. The highest BCUT2D eigenvalue weighted by Crippen LogP contribution is 2.17. The van der Waals surface area contributed by atoms with E-state index in [1.807, 2.05) is 11.8 Å². The molecule has 0 aliphatic carbocycles. The second-order valence-electron chi connectivity index (χ2n) is 4.49. The summed E-state index contributed by atoms with van der Waals surface area (Å²) in [4.78, 5) is 18.4. The number of amides is 1. The third-order valence-electron chi connectivity index (χ3n) is 3.31. The number of carbonyl (C=O) groups is 1. The summed E-state index contributed by atoms with van der Waals surface area (Å²) in [5.41, 5.74) is 0.423. The highest BCUT2D eigenvalue weighted by Gasteiger charge is 2.30. The summed E-state index contributed by atoms with van der Waals surface area (Å²) in [6.07, 6.45) is 2.76. The van der Waals surface area contributed by atoms with E-state index in [0.29, 0.717) is 44.2 Å². The Morgan fingerprint density at radius 1 is 1.63 bits per heavy atom. The van der Waals surface area contributed by atoms with Gasteiger partial charge in [0.15, 0.2) is 12.1 Å². The van der Waals surface area contributed by atoms with Crippen LogP contribution in [0.5, 0.6) is 0 Å². The molecule has 1 fully saturated rings. The molecule has 1 aromatic rings. The smallest absolute Gasteiger partial charge is 0.276 e. The zero-order valence-corrected chi connectivity index (χ0v) is 11.4. The zero-order valence-electron chi connectivity index (χ0n) is 11.4. The van der Waals surface area contributed by atoms with Gasteiger partial charge in [-0.15, -0.1) is 0 Å². The summed E-state index contributed by atoms with van der Waals surface area (Å²) in [5, 5.41) is 0. The van der Waals surface area contributed by atoms with E-state index in [4.69, 9.17) is 13.9 Å². The minimum absolute atomic E-state index is 0.0441. The van der Waals surface area contributed by atoms with E-state index < -0.39 is 0 Å². The van der Waals surface area contributed by atoms with Crippen molar-refractivity contribution in [3.63, 3.8) is 0 Å². The molecule has 1 unspecified atom stereocenters. The summed E-state index contributed by atoms with van der Waals surface area (Å²) < 4.78 is 15.7. The Balaban J connectivity index is 2.10. The Morgan fingerprint density at radius 2 is 2.47 bits per heavy atom. The first-order valence-electron chi connectivity index (χ1n) is 6.58. The third-order valence-corrected chi connectivity index (χ3v) is 3.31. The SMILES string of the molecule is CCc1ocnc1C(=O)N1CCOCC1CCOC. The number of morpholine rings is 1. The van der Waals surface area contributed by atoms with Gasteiger partial charge in [-0.3, -0.25) is 4.79 Å². The number of aromatic nitrogens is 1. The predicted molar refractivity (Wildman–Crippen MR) is 68.0 cm³/mol. The molecule has 0 saturated carbocycles. The predicted octanol–water partition coefficient (Wildman–Crippen LogP) is 1.11. The Bertz CT molecular complexity index is 419. The number of hydrogen-bond acceptors (Lipinski definition) is 5. The lowest BCUT2D eigenvalue weighted by Crippen LogP contribution is -2.49. The van der Waals surface area contributed by atoms with Crippen LogP contribution >= 0.6 is 0 Å². The number of carbonyl (C=O) groups excluding carboxylic acids is 1. The molecule has 0 radical (unpaired) electrons. The number of nitrogens with zero attached hydrogens (tertiary/aromatic N) is 2. The second-order valence-corrected chi connectivity index (χ2v) is 4.49.